The maximum Gasteiger partial charge on any atom is 0.326 e. The van der Waals surface area contributed by atoms with Gasteiger partial charge in [0.1, 0.15) is 18.1 Å². The molecule has 0 spiro atoms. The van der Waals surface area contributed by atoms with Gasteiger partial charge in [-0.3, -0.25) is 19.2 Å². The zero-order chi connectivity index (χ0) is 24.1. The predicted molar refractivity (Wildman–Crippen MR) is 120 cm³/mol. The van der Waals surface area contributed by atoms with Crippen molar-refractivity contribution in [1.29, 1.82) is 0 Å². The van der Waals surface area contributed by atoms with Gasteiger partial charge in [-0.15, -0.1) is 0 Å². The molecule has 0 aromatic carbocycles. The van der Waals surface area contributed by atoms with Gasteiger partial charge >= 0.3 is 11.9 Å². The number of aliphatic carboxylic acids is 2. The average Bonchev–Trinajstić information content (AvgIpc) is 2.72. The zero-order valence-corrected chi connectivity index (χ0v) is 19.5. The van der Waals surface area contributed by atoms with Crippen molar-refractivity contribution in [3.63, 3.8) is 0 Å². The van der Waals surface area contributed by atoms with Crippen LogP contribution in [-0.2, 0) is 24.0 Å². The summed E-state index contributed by atoms with van der Waals surface area (Å²) in [5.41, 5.74) is 5.55. The van der Waals surface area contributed by atoms with Gasteiger partial charge in [0.2, 0.25) is 17.7 Å². The predicted octanol–water partition coefficient (Wildman–Crippen LogP) is -0.944. The Morgan fingerprint density at radius 3 is 2.03 bits per heavy atom. The van der Waals surface area contributed by atoms with Gasteiger partial charge in [-0.25, -0.2) is 4.79 Å². The summed E-state index contributed by atoms with van der Waals surface area (Å²) in [4.78, 5) is 60.0. The third-order valence-corrected chi connectivity index (χ3v) is 5.60. The summed E-state index contributed by atoms with van der Waals surface area (Å²) in [6, 6.07) is -4.78. The number of thioether (sulfide) groups is 1. The first-order valence-electron chi connectivity index (χ1n) is 9.69. The second kappa shape index (κ2) is 14.9. The van der Waals surface area contributed by atoms with E-state index in [1.54, 1.807) is 20.1 Å². The molecule has 0 heterocycles. The number of rotatable bonds is 15. The molecule has 5 unspecified atom stereocenters. The largest absolute Gasteiger partial charge is 0.481 e. The van der Waals surface area contributed by atoms with Crippen LogP contribution in [0.1, 0.15) is 33.1 Å². The van der Waals surface area contributed by atoms with Crippen molar-refractivity contribution in [3.8, 4) is 0 Å². The van der Waals surface area contributed by atoms with E-state index in [0.717, 1.165) is 0 Å². The van der Waals surface area contributed by atoms with Gasteiger partial charge in [0.25, 0.3) is 0 Å². The molecule has 0 aliphatic carbocycles. The highest BCUT2D eigenvalue weighted by atomic mass is 32.2. The van der Waals surface area contributed by atoms with Gasteiger partial charge in [-0.05, 0) is 24.3 Å². The lowest BCUT2D eigenvalue weighted by Gasteiger charge is -2.27. The van der Waals surface area contributed by atoms with Crippen LogP contribution in [0.3, 0.4) is 0 Å². The van der Waals surface area contributed by atoms with E-state index < -0.39 is 60.2 Å². The smallest absolute Gasteiger partial charge is 0.326 e. The molecule has 7 N–H and O–H groups in total. The molecule has 178 valence electrons. The number of carbonyl (C=O) groups is 5. The minimum Gasteiger partial charge on any atom is -0.481 e. The molecule has 0 fully saturated rings. The van der Waals surface area contributed by atoms with E-state index in [2.05, 4.69) is 28.6 Å². The molecule has 0 rings (SSSR count). The summed E-state index contributed by atoms with van der Waals surface area (Å²) >= 11 is 5.32. The molecule has 0 bridgehead atoms. The summed E-state index contributed by atoms with van der Waals surface area (Å²) in [6.45, 7) is 3.46. The topological polar surface area (TPSA) is 188 Å². The van der Waals surface area contributed by atoms with E-state index >= 15 is 0 Å². The number of amides is 3. The Morgan fingerprint density at radius 1 is 1.00 bits per heavy atom. The second-order valence-corrected chi connectivity index (χ2v) is 8.35. The maximum absolute atomic E-state index is 12.7. The number of carbonyl (C=O) groups excluding carboxylic acids is 3. The molecule has 0 saturated heterocycles. The molecule has 0 aliphatic rings. The molecule has 13 heteroatoms. The Bertz CT molecular complexity index is 650. The standard InChI is InChI=1S/C18H32N4O7S2/c1-4-9(2)14(17(27)20-11(18(28)29)5-6-31-3)22-16(26)12(7-13(23)24)21-15(25)10(19)8-30/h9-12,14,30H,4-8,19H2,1-3H3,(H,20,27)(H,21,25)(H,22,26)(H,23,24)(H,28,29). The summed E-state index contributed by atoms with van der Waals surface area (Å²) < 4.78 is 0. The van der Waals surface area contributed by atoms with Crippen molar-refractivity contribution in [2.24, 2.45) is 11.7 Å². The van der Waals surface area contributed by atoms with Crippen LogP contribution < -0.4 is 21.7 Å². The Hall–Kier alpha value is -1.99. The Kier molecular flexibility index (Phi) is 14.0. The summed E-state index contributed by atoms with van der Waals surface area (Å²) in [5.74, 6) is -4.79. The van der Waals surface area contributed by atoms with E-state index in [1.165, 1.54) is 11.8 Å². The van der Waals surface area contributed by atoms with Crippen LogP contribution >= 0.6 is 24.4 Å². The third kappa shape index (κ3) is 10.7. The van der Waals surface area contributed by atoms with Crippen LogP contribution in [0.25, 0.3) is 0 Å². The van der Waals surface area contributed by atoms with Crippen molar-refractivity contribution in [3.05, 3.63) is 0 Å². The Morgan fingerprint density at radius 2 is 1.58 bits per heavy atom. The molecular formula is C18H32N4O7S2. The van der Waals surface area contributed by atoms with Gasteiger partial charge in [-0.2, -0.15) is 24.4 Å². The first-order valence-corrected chi connectivity index (χ1v) is 11.7. The SMILES string of the molecule is CCC(C)C(NC(=O)C(CC(=O)O)NC(=O)C(N)CS)C(=O)NC(CCSC)C(=O)O. The van der Waals surface area contributed by atoms with Crippen molar-refractivity contribution in [1.82, 2.24) is 16.0 Å². The van der Waals surface area contributed by atoms with E-state index in [0.29, 0.717) is 12.2 Å². The average molecular weight is 481 g/mol. The van der Waals surface area contributed by atoms with Gasteiger partial charge in [0.05, 0.1) is 12.5 Å². The lowest BCUT2D eigenvalue weighted by atomic mass is 9.97. The third-order valence-electron chi connectivity index (χ3n) is 4.56. The monoisotopic (exact) mass is 480 g/mol. The second-order valence-electron chi connectivity index (χ2n) is 7.00. The normalized spacial score (nSPS) is 15.6. The number of hydrogen-bond donors (Lipinski definition) is 7. The van der Waals surface area contributed by atoms with E-state index in [-0.39, 0.29) is 18.1 Å². The van der Waals surface area contributed by atoms with Gasteiger partial charge in [0.15, 0.2) is 0 Å². The van der Waals surface area contributed by atoms with Crippen molar-refractivity contribution in [2.45, 2.75) is 57.3 Å². The van der Waals surface area contributed by atoms with Gasteiger partial charge < -0.3 is 31.9 Å². The number of hydrogen-bond acceptors (Lipinski definition) is 8. The molecule has 0 aromatic rings. The minimum absolute atomic E-state index is 0.0161. The molecular weight excluding hydrogens is 448 g/mol. The maximum atomic E-state index is 12.7. The number of carboxylic acids is 2. The van der Waals surface area contributed by atoms with Crippen LogP contribution in [0.2, 0.25) is 0 Å². The van der Waals surface area contributed by atoms with Crippen LogP contribution in [-0.4, -0.2) is 81.8 Å². The van der Waals surface area contributed by atoms with Crippen LogP contribution in [0.5, 0.6) is 0 Å². The fourth-order valence-electron chi connectivity index (χ4n) is 2.46. The summed E-state index contributed by atoms with van der Waals surface area (Å²) in [5, 5.41) is 25.5. The first-order chi connectivity index (χ1) is 14.5. The highest BCUT2D eigenvalue weighted by Crippen LogP contribution is 2.10. The molecule has 3 amide bonds. The molecule has 0 aromatic heterocycles. The number of nitrogens with one attached hydrogen (secondary N) is 3. The Labute approximate surface area is 191 Å². The highest BCUT2D eigenvalue weighted by molar-refractivity contribution is 7.98. The zero-order valence-electron chi connectivity index (χ0n) is 17.8. The van der Waals surface area contributed by atoms with E-state index in [9.17, 15) is 29.1 Å². The Balaban J connectivity index is 5.49. The molecule has 0 aliphatic heterocycles. The van der Waals surface area contributed by atoms with Crippen molar-refractivity contribution in [2.75, 3.05) is 17.8 Å². The van der Waals surface area contributed by atoms with Gasteiger partial charge in [0, 0.05) is 5.75 Å². The molecule has 0 saturated carbocycles. The summed E-state index contributed by atoms with van der Waals surface area (Å²) in [6.07, 6.45) is 1.75. The van der Waals surface area contributed by atoms with E-state index in [4.69, 9.17) is 10.8 Å². The minimum atomic E-state index is -1.47. The van der Waals surface area contributed by atoms with Crippen LogP contribution in [0.4, 0.5) is 0 Å². The molecule has 11 nitrogen and oxygen atoms in total. The van der Waals surface area contributed by atoms with E-state index in [1.807, 2.05) is 0 Å². The lowest BCUT2D eigenvalue weighted by Crippen LogP contribution is -2.59. The quantitative estimate of drug-likeness (QED) is 0.145. The van der Waals surface area contributed by atoms with Crippen molar-refractivity contribution < 1.29 is 34.2 Å². The molecule has 0 radical (unpaired) electrons. The lowest BCUT2D eigenvalue weighted by molar-refractivity contribution is -0.143. The first kappa shape index (κ1) is 29.0. The number of nitrogens with two attached hydrogens (primary N) is 1. The van der Waals surface area contributed by atoms with Gasteiger partial charge in [-0.1, -0.05) is 20.3 Å². The number of thiol groups is 1. The fourth-order valence-corrected chi connectivity index (χ4v) is 3.09. The van der Waals surface area contributed by atoms with Crippen LogP contribution in [0, 0.1) is 5.92 Å². The summed E-state index contributed by atoms with van der Waals surface area (Å²) in [7, 11) is 0. The fraction of sp³-hybridized carbons (Fsp3) is 0.722. The van der Waals surface area contributed by atoms with Crippen molar-refractivity contribution >= 4 is 54.1 Å². The van der Waals surface area contributed by atoms with Crippen LogP contribution in [0.15, 0.2) is 0 Å². The number of carboxylic acid groups (broad SMARTS) is 2. The molecule has 31 heavy (non-hydrogen) atoms. The highest BCUT2D eigenvalue weighted by Gasteiger charge is 2.33. The molecule has 5 atom stereocenters.